The molecule has 26 heavy (non-hydrogen) atoms. The van der Waals surface area contributed by atoms with Crippen LogP contribution >= 0.6 is 0 Å². The van der Waals surface area contributed by atoms with Gasteiger partial charge in [0.25, 0.3) is 0 Å². The largest absolute Gasteiger partial charge is 0.493 e. The van der Waals surface area contributed by atoms with Gasteiger partial charge in [0.15, 0.2) is 11.5 Å². The SMILES string of the molecule is CCN(CC)C(=O)[C@@H]1CN2CCc3cc(OC)c(OC)cc3[C@@H]2C[C@H]1O. The van der Waals surface area contributed by atoms with Crippen LogP contribution in [-0.2, 0) is 11.2 Å². The van der Waals surface area contributed by atoms with Crippen molar-refractivity contribution in [3.05, 3.63) is 23.3 Å². The van der Waals surface area contributed by atoms with Crippen LogP contribution in [0.3, 0.4) is 0 Å². The molecular weight excluding hydrogens is 332 g/mol. The summed E-state index contributed by atoms with van der Waals surface area (Å²) >= 11 is 0. The number of amides is 1. The van der Waals surface area contributed by atoms with E-state index in [9.17, 15) is 9.90 Å². The summed E-state index contributed by atoms with van der Waals surface area (Å²) < 4.78 is 10.9. The highest BCUT2D eigenvalue weighted by Gasteiger charge is 2.42. The minimum atomic E-state index is -0.622. The average Bonchev–Trinajstić information content (AvgIpc) is 2.67. The molecule has 1 fully saturated rings. The lowest BCUT2D eigenvalue weighted by Crippen LogP contribution is -2.53. The smallest absolute Gasteiger partial charge is 0.229 e. The van der Waals surface area contributed by atoms with Gasteiger partial charge in [-0.3, -0.25) is 9.69 Å². The first kappa shape index (κ1) is 19.0. The van der Waals surface area contributed by atoms with Gasteiger partial charge in [0, 0.05) is 32.2 Å². The number of rotatable bonds is 5. The van der Waals surface area contributed by atoms with Gasteiger partial charge in [0.2, 0.25) is 5.91 Å². The molecule has 1 saturated heterocycles. The fourth-order valence-corrected chi connectivity index (χ4v) is 4.35. The number of ether oxygens (including phenoxy) is 2. The summed E-state index contributed by atoms with van der Waals surface area (Å²) in [6.45, 7) is 6.83. The van der Waals surface area contributed by atoms with Gasteiger partial charge in [-0.1, -0.05) is 0 Å². The van der Waals surface area contributed by atoms with E-state index >= 15 is 0 Å². The number of benzene rings is 1. The second-order valence-electron chi connectivity index (χ2n) is 7.09. The molecule has 1 aromatic rings. The Balaban J connectivity index is 1.85. The van der Waals surface area contributed by atoms with Gasteiger partial charge < -0.3 is 19.5 Å². The number of piperidine rings is 1. The van der Waals surface area contributed by atoms with Gasteiger partial charge in [0.05, 0.1) is 26.2 Å². The van der Waals surface area contributed by atoms with Gasteiger partial charge >= 0.3 is 0 Å². The summed E-state index contributed by atoms with van der Waals surface area (Å²) in [5, 5.41) is 10.7. The third kappa shape index (κ3) is 3.28. The summed E-state index contributed by atoms with van der Waals surface area (Å²) in [6.07, 6.45) is 0.859. The van der Waals surface area contributed by atoms with E-state index in [-0.39, 0.29) is 17.9 Å². The zero-order valence-electron chi connectivity index (χ0n) is 16.2. The Morgan fingerprint density at radius 3 is 2.50 bits per heavy atom. The highest BCUT2D eigenvalue weighted by atomic mass is 16.5. The van der Waals surface area contributed by atoms with Crippen LogP contribution in [0.4, 0.5) is 0 Å². The van der Waals surface area contributed by atoms with Gasteiger partial charge in [0.1, 0.15) is 0 Å². The van der Waals surface area contributed by atoms with Crippen molar-refractivity contribution in [1.82, 2.24) is 9.80 Å². The van der Waals surface area contributed by atoms with Crippen LogP contribution in [0, 0.1) is 5.92 Å². The molecule has 0 saturated carbocycles. The normalized spacial score (nSPS) is 25.2. The molecule has 0 bridgehead atoms. The Labute approximate surface area is 155 Å². The summed E-state index contributed by atoms with van der Waals surface area (Å²) in [5.74, 6) is 1.18. The quantitative estimate of drug-likeness (QED) is 0.866. The van der Waals surface area contributed by atoms with E-state index in [1.807, 2.05) is 30.9 Å². The molecule has 1 aromatic carbocycles. The Morgan fingerprint density at radius 1 is 1.23 bits per heavy atom. The first-order chi connectivity index (χ1) is 12.5. The first-order valence-corrected chi connectivity index (χ1v) is 9.49. The van der Waals surface area contributed by atoms with Crippen LogP contribution in [0.2, 0.25) is 0 Å². The average molecular weight is 362 g/mol. The molecule has 0 unspecified atom stereocenters. The molecule has 0 radical (unpaired) electrons. The van der Waals surface area contributed by atoms with Gasteiger partial charge in [-0.15, -0.1) is 0 Å². The molecule has 0 aromatic heterocycles. The Hall–Kier alpha value is -1.79. The molecule has 3 rings (SSSR count). The van der Waals surface area contributed by atoms with Crippen LogP contribution in [0.5, 0.6) is 11.5 Å². The minimum Gasteiger partial charge on any atom is -0.493 e. The van der Waals surface area contributed by atoms with Crippen molar-refractivity contribution in [2.24, 2.45) is 5.92 Å². The molecule has 6 nitrogen and oxygen atoms in total. The van der Waals surface area contributed by atoms with Crippen LogP contribution in [0.25, 0.3) is 0 Å². The van der Waals surface area contributed by atoms with E-state index in [1.165, 1.54) is 11.1 Å². The molecule has 1 N–H and O–H groups in total. The van der Waals surface area contributed by atoms with Gasteiger partial charge in [-0.2, -0.15) is 0 Å². The summed E-state index contributed by atoms with van der Waals surface area (Å²) in [4.78, 5) is 16.9. The number of carbonyl (C=O) groups is 1. The Morgan fingerprint density at radius 2 is 1.88 bits per heavy atom. The van der Waals surface area contributed by atoms with Crippen molar-refractivity contribution in [2.75, 3.05) is 40.4 Å². The highest BCUT2D eigenvalue weighted by Crippen LogP contribution is 2.43. The number of fused-ring (bicyclic) bond motifs is 3. The molecule has 144 valence electrons. The lowest BCUT2D eigenvalue weighted by molar-refractivity contribution is -0.144. The third-order valence-corrected chi connectivity index (χ3v) is 5.87. The molecule has 2 aliphatic rings. The minimum absolute atomic E-state index is 0.0686. The molecule has 6 heteroatoms. The molecule has 3 atom stereocenters. The summed E-state index contributed by atoms with van der Waals surface area (Å²) in [5.41, 5.74) is 2.42. The standard InChI is InChI=1S/C20H30N2O4/c1-5-21(6-2)20(24)15-12-22-8-7-13-9-18(25-3)19(26-4)10-14(13)16(22)11-17(15)23/h9-10,15-17,23H,5-8,11-12H2,1-4H3/t15-,16+,17-/m1/s1. The zero-order chi connectivity index (χ0) is 18.8. The molecule has 2 aliphatic heterocycles. The number of nitrogens with zero attached hydrogens (tertiary/aromatic N) is 2. The van der Waals surface area contributed by atoms with E-state index in [2.05, 4.69) is 4.90 Å². The van der Waals surface area contributed by atoms with E-state index in [0.717, 1.165) is 18.7 Å². The monoisotopic (exact) mass is 362 g/mol. The molecule has 1 amide bonds. The third-order valence-electron chi connectivity index (χ3n) is 5.87. The number of carbonyl (C=O) groups excluding carboxylic acids is 1. The zero-order valence-corrected chi connectivity index (χ0v) is 16.2. The lowest BCUT2D eigenvalue weighted by atomic mass is 9.81. The van der Waals surface area contributed by atoms with Gasteiger partial charge in [-0.25, -0.2) is 0 Å². The van der Waals surface area contributed by atoms with Crippen molar-refractivity contribution in [1.29, 1.82) is 0 Å². The fraction of sp³-hybridized carbons (Fsp3) is 0.650. The lowest BCUT2D eigenvalue weighted by Gasteiger charge is -2.46. The second-order valence-corrected chi connectivity index (χ2v) is 7.09. The highest BCUT2D eigenvalue weighted by molar-refractivity contribution is 5.80. The number of methoxy groups -OCH3 is 2. The van der Waals surface area contributed by atoms with Crippen molar-refractivity contribution < 1.29 is 19.4 Å². The molecule has 2 heterocycles. The van der Waals surface area contributed by atoms with E-state index in [0.29, 0.717) is 31.8 Å². The number of aliphatic hydroxyl groups is 1. The van der Waals surface area contributed by atoms with Gasteiger partial charge in [-0.05, 0) is 49.9 Å². The van der Waals surface area contributed by atoms with Crippen LogP contribution in [0.1, 0.15) is 37.4 Å². The predicted octanol–water partition coefficient (Wildman–Crippen LogP) is 1.85. The first-order valence-electron chi connectivity index (χ1n) is 9.49. The van der Waals surface area contributed by atoms with Crippen molar-refractivity contribution >= 4 is 5.91 Å². The Bertz CT molecular complexity index is 659. The molecule has 0 aliphatic carbocycles. The number of hydrogen-bond acceptors (Lipinski definition) is 5. The van der Waals surface area contributed by atoms with Crippen molar-refractivity contribution in [3.63, 3.8) is 0 Å². The van der Waals surface area contributed by atoms with E-state index in [1.54, 1.807) is 14.2 Å². The van der Waals surface area contributed by atoms with Crippen molar-refractivity contribution in [3.8, 4) is 11.5 Å². The summed E-state index contributed by atoms with van der Waals surface area (Å²) in [6, 6.07) is 4.20. The predicted molar refractivity (Wildman–Crippen MR) is 99.6 cm³/mol. The van der Waals surface area contributed by atoms with Crippen molar-refractivity contribution in [2.45, 2.75) is 38.8 Å². The second kappa shape index (κ2) is 7.84. The maximum absolute atomic E-state index is 12.8. The van der Waals surface area contributed by atoms with Crippen LogP contribution in [0.15, 0.2) is 12.1 Å². The van der Waals surface area contributed by atoms with E-state index in [4.69, 9.17) is 9.47 Å². The maximum Gasteiger partial charge on any atom is 0.229 e. The van der Waals surface area contributed by atoms with Crippen LogP contribution in [-0.4, -0.2) is 67.3 Å². The molecular formula is C20H30N2O4. The number of hydrogen-bond donors (Lipinski definition) is 1. The Kier molecular flexibility index (Phi) is 5.73. The fourth-order valence-electron chi connectivity index (χ4n) is 4.35. The molecule has 0 spiro atoms. The number of aliphatic hydroxyl groups excluding tert-OH is 1. The maximum atomic E-state index is 12.8. The summed E-state index contributed by atoms with van der Waals surface area (Å²) in [7, 11) is 3.28. The topological polar surface area (TPSA) is 62.2 Å². The van der Waals surface area contributed by atoms with Crippen LogP contribution < -0.4 is 9.47 Å². The van der Waals surface area contributed by atoms with E-state index < -0.39 is 6.10 Å².